The highest BCUT2D eigenvalue weighted by Gasteiger charge is 2.42. The molecule has 36 heavy (non-hydrogen) atoms. The Kier molecular flexibility index (Phi) is 10.0. The third kappa shape index (κ3) is 6.59. The van der Waals surface area contributed by atoms with Crippen molar-refractivity contribution in [3.63, 3.8) is 0 Å². The van der Waals surface area contributed by atoms with Crippen LogP contribution in [-0.2, 0) is 0 Å². The number of hydrogen-bond donors (Lipinski definition) is 0. The van der Waals surface area contributed by atoms with Gasteiger partial charge in [0.15, 0.2) is 6.17 Å². The van der Waals surface area contributed by atoms with E-state index in [2.05, 4.69) is 31.2 Å². The van der Waals surface area contributed by atoms with Crippen molar-refractivity contribution >= 4 is 11.9 Å². The number of allylic oxidation sites excluding steroid dienone is 4. The van der Waals surface area contributed by atoms with E-state index in [4.69, 9.17) is 0 Å². The quantitative estimate of drug-likeness (QED) is 0.285. The van der Waals surface area contributed by atoms with Crippen molar-refractivity contribution in [3.8, 4) is 0 Å². The Labute approximate surface area is 218 Å². The van der Waals surface area contributed by atoms with Gasteiger partial charge in [0.2, 0.25) is 0 Å². The van der Waals surface area contributed by atoms with Crippen molar-refractivity contribution in [3.05, 3.63) is 59.0 Å². The monoisotopic (exact) mass is 494 g/mol. The molecule has 0 heterocycles. The van der Waals surface area contributed by atoms with Crippen molar-refractivity contribution in [1.82, 2.24) is 0 Å². The highest BCUT2D eigenvalue weighted by atomic mass is 19.2. The minimum Gasteiger partial charge on any atom is -0.239 e. The molecule has 3 aliphatic rings. The fourth-order valence-electron chi connectivity index (χ4n) is 7.34. The molecule has 0 aliphatic heterocycles. The lowest BCUT2D eigenvalue weighted by molar-refractivity contribution is 0.132. The van der Waals surface area contributed by atoms with Crippen LogP contribution in [0, 0.1) is 29.1 Å². The normalized spacial score (nSPS) is 33.1. The largest absolute Gasteiger partial charge is 0.239 e. The maximum atomic E-state index is 15.7. The van der Waals surface area contributed by atoms with Crippen LogP contribution in [0.25, 0.3) is 11.9 Å². The number of fused-ring (bicyclic) bond motifs is 1. The summed E-state index contributed by atoms with van der Waals surface area (Å²) >= 11 is 0. The first-order chi connectivity index (χ1) is 17.6. The van der Waals surface area contributed by atoms with Crippen LogP contribution in [0.1, 0.15) is 104 Å². The molecule has 0 spiro atoms. The van der Waals surface area contributed by atoms with Crippen LogP contribution in [0.5, 0.6) is 0 Å². The van der Waals surface area contributed by atoms with E-state index in [0.29, 0.717) is 17.6 Å². The van der Waals surface area contributed by atoms with Gasteiger partial charge in [0.25, 0.3) is 0 Å². The molecule has 0 N–H and O–H groups in total. The van der Waals surface area contributed by atoms with Gasteiger partial charge in [-0.15, -0.1) is 0 Å². The smallest absolute Gasteiger partial charge is 0.161 e. The molecular weight excluding hydrogens is 446 g/mol. The van der Waals surface area contributed by atoms with Crippen molar-refractivity contribution in [2.45, 2.75) is 110 Å². The Morgan fingerprint density at radius 3 is 2.28 bits per heavy atom. The fraction of sp³-hybridized carbons (Fsp3) is 0.647. The summed E-state index contributed by atoms with van der Waals surface area (Å²) in [6.45, 7) is 4.25. The van der Waals surface area contributed by atoms with Gasteiger partial charge >= 0.3 is 0 Å². The van der Waals surface area contributed by atoms with Crippen LogP contribution in [0.15, 0.2) is 48.6 Å². The van der Waals surface area contributed by atoms with Crippen LogP contribution in [0.4, 0.5) is 8.78 Å². The Hall–Kier alpha value is -1.70. The van der Waals surface area contributed by atoms with Gasteiger partial charge in [-0.2, -0.15) is 0 Å². The van der Waals surface area contributed by atoms with Crippen molar-refractivity contribution in [2.24, 2.45) is 29.1 Å². The molecule has 0 bridgehead atoms. The van der Waals surface area contributed by atoms with Crippen molar-refractivity contribution < 1.29 is 8.78 Å². The number of unbranched alkanes of at least 4 members (excludes halogenated alkanes) is 1. The third-order valence-corrected chi connectivity index (χ3v) is 9.66. The SMILES string of the molecule is C/C=C/CCC1(CCC2CCC(C3CCC(/C=C/CCC)CC3)CC2)C=c2ccccc2=C(F)C1F. The first-order valence-electron chi connectivity index (χ1n) is 15.0. The molecule has 0 aromatic heterocycles. The van der Waals surface area contributed by atoms with Gasteiger partial charge in [0.05, 0.1) is 0 Å². The van der Waals surface area contributed by atoms with Gasteiger partial charge in [-0.3, -0.25) is 0 Å². The standard InChI is InChI=1S/C34H48F2/c1-3-5-7-11-26-14-18-28(19-15-26)29-20-16-27(17-21-29)22-24-34(23-10-6-4-2)25-30-12-8-9-13-31(30)32(35)33(34)36/h4,6-9,11-13,25-29,33H,3,5,10,14-24H2,1-2H3/b6-4+,11-7+. The van der Waals surface area contributed by atoms with Crippen LogP contribution < -0.4 is 10.4 Å². The molecule has 3 aliphatic carbocycles. The lowest BCUT2D eigenvalue weighted by Crippen LogP contribution is -2.43. The molecule has 0 amide bonds. The predicted octanol–water partition coefficient (Wildman–Crippen LogP) is 8.99. The second kappa shape index (κ2) is 13.2. The second-order valence-electron chi connectivity index (χ2n) is 12.0. The summed E-state index contributed by atoms with van der Waals surface area (Å²) in [5.41, 5.74) is -0.724. The zero-order valence-corrected chi connectivity index (χ0v) is 22.7. The summed E-state index contributed by atoms with van der Waals surface area (Å²) in [6.07, 6.45) is 26.0. The van der Waals surface area contributed by atoms with Gasteiger partial charge in [-0.05, 0) is 106 Å². The van der Waals surface area contributed by atoms with Gasteiger partial charge in [0, 0.05) is 10.6 Å². The van der Waals surface area contributed by atoms with Gasteiger partial charge in [-0.25, -0.2) is 8.78 Å². The lowest BCUT2D eigenvalue weighted by atomic mass is 9.66. The first kappa shape index (κ1) is 27.3. The van der Waals surface area contributed by atoms with Crippen molar-refractivity contribution in [2.75, 3.05) is 0 Å². The molecule has 0 saturated heterocycles. The summed E-state index contributed by atoms with van der Waals surface area (Å²) in [5, 5.41) is 1.32. The van der Waals surface area contributed by atoms with E-state index in [-0.39, 0.29) is 0 Å². The molecule has 2 unspecified atom stereocenters. The van der Waals surface area contributed by atoms with Crippen LogP contribution in [0.2, 0.25) is 0 Å². The Morgan fingerprint density at radius 2 is 1.58 bits per heavy atom. The summed E-state index contributed by atoms with van der Waals surface area (Å²) < 4.78 is 30.9. The summed E-state index contributed by atoms with van der Waals surface area (Å²) in [5.74, 6) is 2.71. The number of rotatable bonds is 10. The molecule has 0 nitrogen and oxygen atoms in total. The summed E-state index contributed by atoms with van der Waals surface area (Å²) in [6, 6.07) is 7.42. The lowest BCUT2D eigenvalue weighted by Gasteiger charge is -2.39. The Balaban J connectivity index is 1.33. The minimum absolute atomic E-state index is 0.447. The highest BCUT2D eigenvalue weighted by Crippen LogP contribution is 2.47. The fourth-order valence-corrected chi connectivity index (χ4v) is 7.34. The summed E-state index contributed by atoms with van der Waals surface area (Å²) in [7, 11) is 0. The van der Waals surface area contributed by atoms with E-state index in [1.54, 1.807) is 12.1 Å². The highest BCUT2D eigenvalue weighted by molar-refractivity contribution is 5.54. The maximum absolute atomic E-state index is 15.7. The maximum Gasteiger partial charge on any atom is 0.161 e. The van der Waals surface area contributed by atoms with Crippen LogP contribution >= 0.6 is 0 Å². The summed E-state index contributed by atoms with van der Waals surface area (Å²) in [4.78, 5) is 0. The van der Waals surface area contributed by atoms with E-state index < -0.39 is 17.4 Å². The molecule has 1 aromatic carbocycles. The Morgan fingerprint density at radius 1 is 0.889 bits per heavy atom. The van der Waals surface area contributed by atoms with E-state index in [9.17, 15) is 0 Å². The molecule has 0 radical (unpaired) electrons. The number of halogens is 2. The van der Waals surface area contributed by atoms with Crippen LogP contribution in [0.3, 0.4) is 0 Å². The average Bonchev–Trinajstić information content (AvgIpc) is 2.91. The molecule has 198 valence electrons. The van der Waals surface area contributed by atoms with E-state index in [1.165, 1.54) is 64.2 Å². The van der Waals surface area contributed by atoms with E-state index in [1.807, 2.05) is 25.1 Å². The van der Waals surface area contributed by atoms with E-state index >= 15 is 8.78 Å². The number of hydrogen-bond acceptors (Lipinski definition) is 0. The van der Waals surface area contributed by atoms with Gasteiger partial charge in [-0.1, -0.05) is 80.8 Å². The minimum atomic E-state index is -1.53. The van der Waals surface area contributed by atoms with E-state index in [0.717, 1.165) is 42.2 Å². The predicted molar refractivity (Wildman–Crippen MR) is 150 cm³/mol. The topological polar surface area (TPSA) is 0 Å². The molecule has 2 atom stereocenters. The zero-order valence-electron chi connectivity index (χ0n) is 22.7. The second-order valence-corrected chi connectivity index (χ2v) is 12.0. The molecule has 2 saturated carbocycles. The third-order valence-electron chi connectivity index (χ3n) is 9.66. The molecule has 1 aromatic rings. The van der Waals surface area contributed by atoms with Crippen LogP contribution in [-0.4, -0.2) is 6.17 Å². The Bertz CT molecular complexity index is 988. The van der Waals surface area contributed by atoms with Gasteiger partial charge in [0.1, 0.15) is 5.83 Å². The average molecular weight is 495 g/mol. The first-order valence-corrected chi connectivity index (χ1v) is 15.0. The number of benzene rings is 1. The number of alkyl halides is 1. The van der Waals surface area contributed by atoms with Crippen molar-refractivity contribution in [1.29, 1.82) is 0 Å². The molecule has 4 rings (SSSR count). The van der Waals surface area contributed by atoms with Gasteiger partial charge < -0.3 is 0 Å². The molecular formula is C34H48F2. The zero-order chi connectivity index (χ0) is 25.4. The molecule has 2 heteroatoms. The molecule has 2 fully saturated rings.